The van der Waals surface area contributed by atoms with Crippen LogP contribution in [0.25, 0.3) is 10.8 Å². The third-order valence-electron chi connectivity index (χ3n) is 4.72. The number of nitrogens with zero attached hydrogens (tertiary/aromatic N) is 2. The summed E-state index contributed by atoms with van der Waals surface area (Å²) >= 11 is 0. The number of ether oxygens (including phenoxy) is 1. The van der Waals surface area contributed by atoms with Crippen molar-refractivity contribution in [3.63, 3.8) is 0 Å². The second-order valence-electron chi connectivity index (χ2n) is 6.55. The number of amides is 1. The maximum absolute atomic E-state index is 12.6. The molecule has 26 heavy (non-hydrogen) atoms. The molecule has 1 fully saturated rings. The molecule has 0 aliphatic heterocycles. The zero-order valence-electron chi connectivity index (χ0n) is 15.0. The van der Waals surface area contributed by atoms with Crippen LogP contribution in [0.3, 0.4) is 0 Å². The molecule has 2 aromatic rings. The number of aromatic nitrogens is 2. The van der Waals surface area contributed by atoms with E-state index in [1.54, 1.807) is 38.1 Å². The van der Waals surface area contributed by atoms with Crippen molar-refractivity contribution in [2.24, 2.45) is 0 Å². The summed E-state index contributed by atoms with van der Waals surface area (Å²) in [5.74, 6) is -1.02. The molecular weight excluding hydrogens is 334 g/mol. The minimum absolute atomic E-state index is 0.0440. The number of fused-ring (bicyclic) bond motifs is 1. The summed E-state index contributed by atoms with van der Waals surface area (Å²) in [7, 11) is 0. The first kappa shape index (κ1) is 18.1. The van der Waals surface area contributed by atoms with Crippen LogP contribution in [0.1, 0.15) is 50.0 Å². The summed E-state index contributed by atoms with van der Waals surface area (Å²) in [6, 6.07) is 6.93. The minimum Gasteiger partial charge on any atom is -0.448 e. The molecule has 0 saturated heterocycles. The highest BCUT2D eigenvalue weighted by Gasteiger charge is 2.25. The minimum atomic E-state index is -0.925. The Morgan fingerprint density at radius 1 is 1.27 bits per heavy atom. The van der Waals surface area contributed by atoms with Crippen molar-refractivity contribution in [2.45, 2.75) is 58.2 Å². The zero-order valence-corrected chi connectivity index (χ0v) is 15.0. The van der Waals surface area contributed by atoms with Crippen molar-refractivity contribution in [3.8, 4) is 0 Å². The molecule has 1 aliphatic carbocycles. The lowest BCUT2D eigenvalue weighted by atomic mass is 10.1. The smallest absolute Gasteiger partial charge is 0.360 e. The third kappa shape index (κ3) is 3.61. The fraction of sp³-hybridized carbons (Fsp3) is 0.474. The fourth-order valence-corrected chi connectivity index (χ4v) is 3.26. The van der Waals surface area contributed by atoms with Crippen LogP contribution in [-0.2, 0) is 16.1 Å². The van der Waals surface area contributed by atoms with Crippen LogP contribution in [0.4, 0.5) is 0 Å². The number of carbonyl (C=O) groups excluding carboxylic acids is 2. The molecule has 3 rings (SSSR count). The van der Waals surface area contributed by atoms with Crippen LogP contribution < -0.4 is 10.9 Å². The van der Waals surface area contributed by atoms with E-state index in [0.29, 0.717) is 17.3 Å². The summed E-state index contributed by atoms with van der Waals surface area (Å²) < 4.78 is 6.55. The van der Waals surface area contributed by atoms with E-state index in [1.807, 2.05) is 0 Å². The first-order valence-corrected chi connectivity index (χ1v) is 9.02. The summed E-state index contributed by atoms with van der Waals surface area (Å²) in [5, 5.41) is 7.87. The van der Waals surface area contributed by atoms with Gasteiger partial charge in [-0.05, 0) is 32.8 Å². The van der Waals surface area contributed by atoms with Gasteiger partial charge in [-0.2, -0.15) is 5.10 Å². The molecule has 0 unspecified atom stereocenters. The van der Waals surface area contributed by atoms with Crippen molar-refractivity contribution in [2.75, 3.05) is 0 Å². The van der Waals surface area contributed by atoms with Crippen LogP contribution >= 0.6 is 0 Å². The van der Waals surface area contributed by atoms with Gasteiger partial charge in [-0.3, -0.25) is 9.59 Å². The first-order chi connectivity index (χ1) is 12.5. The summed E-state index contributed by atoms with van der Waals surface area (Å²) in [6.07, 6.45) is 3.20. The molecule has 7 heteroatoms. The van der Waals surface area contributed by atoms with Gasteiger partial charge in [0.05, 0.1) is 5.39 Å². The maximum atomic E-state index is 12.6. The second kappa shape index (κ2) is 7.68. The molecule has 1 aliphatic rings. The third-order valence-corrected chi connectivity index (χ3v) is 4.72. The van der Waals surface area contributed by atoms with Crippen LogP contribution in [-0.4, -0.2) is 33.8 Å². The van der Waals surface area contributed by atoms with Crippen molar-refractivity contribution < 1.29 is 14.3 Å². The number of nitrogens with one attached hydrogen (secondary N) is 1. The van der Waals surface area contributed by atoms with Gasteiger partial charge >= 0.3 is 5.97 Å². The Kier molecular flexibility index (Phi) is 5.35. The Morgan fingerprint density at radius 2 is 1.92 bits per heavy atom. The van der Waals surface area contributed by atoms with Gasteiger partial charge in [0.2, 0.25) is 0 Å². The largest absolute Gasteiger partial charge is 0.448 e. The van der Waals surface area contributed by atoms with Gasteiger partial charge in [0, 0.05) is 18.0 Å². The summed E-state index contributed by atoms with van der Waals surface area (Å²) in [4.78, 5) is 37.2. The average molecular weight is 357 g/mol. The fourth-order valence-electron chi connectivity index (χ4n) is 3.26. The van der Waals surface area contributed by atoms with E-state index < -0.39 is 12.1 Å². The van der Waals surface area contributed by atoms with E-state index >= 15 is 0 Å². The molecule has 1 amide bonds. The number of esters is 1. The Balaban J connectivity index is 1.82. The van der Waals surface area contributed by atoms with Crippen LogP contribution in [0.2, 0.25) is 0 Å². The molecule has 0 bridgehead atoms. The SMILES string of the molecule is CCn1nc(C(=O)O[C@H](C)C(=O)NC2CCCC2)c2ccccc2c1=O. The number of aryl methyl sites for hydroxylation is 1. The highest BCUT2D eigenvalue weighted by Crippen LogP contribution is 2.18. The lowest BCUT2D eigenvalue weighted by Crippen LogP contribution is -2.41. The molecule has 1 heterocycles. The lowest BCUT2D eigenvalue weighted by Gasteiger charge is -2.17. The van der Waals surface area contributed by atoms with Gasteiger partial charge in [-0.25, -0.2) is 9.48 Å². The van der Waals surface area contributed by atoms with Gasteiger partial charge in [-0.15, -0.1) is 0 Å². The highest BCUT2D eigenvalue weighted by molar-refractivity contribution is 6.02. The van der Waals surface area contributed by atoms with Gasteiger partial charge < -0.3 is 10.1 Å². The molecule has 1 atom stereocenters. The zero-order chi connectivity index (χ0) is 18.7. The Labute approximate surface area is 151 Å². The molecule has 7 nitrogen and oxygen atoms in total. The predicted molar refractivity (Wildman–Crippen MR) is 97.0 cm³/mol. The quantitative estimate of drug-likeness (QED) is 0.827. The van der Waals surface area contributed by atoms with Crippen molar-refractivity contribution in [1.82, 2.24) is 15.1 Å². The van der Waals surface area contributed by atoms with Crippen molar-refractivity contribution in [3.05, 3.63) is 40.3 Å². The van der Waals surface area contributed by atoms with E-state index in [2.05, 4.69) is 10.4 Å². The Hall–Kier alpha value is -2.70. The number of benzene rings is 1. The van der Waals surface area contributed by atoms with E-state index in [9.17, 15) is 14.4 Å². The topological polar surface area (TPSA) is 90.3 Å². The first-order valence-electron chi connectivity index (χ1n) is 9.02. The van der Waals surface area contributed by atoms with Crippen LogP contribution in [0.5, 0.6) is 0 Å². The predicted octanol–water partition coefficient (Wildman–Crippen LogP) is 2.02. The Morgan fingerprint density at radius 3 is 2.58 bits per heavy atom. The van der Waals surface area contributed by atoms with Crippen molar-refractivity contribution in [1.29, 1.82) is 0 Å². The van der Waals surface area contributed by atoms with Crippen LogP contribution in [0.15, 0.2) is 29.1 Å². The van der Waals surface area contributed by atoms with Gasteiger partial charge in [0.1, 0.15) is 0 Å². The number of hydrogen-bond acceptors (Lipinski definition) is 5. The Bertz CT molecular complexity index is 884. The number of rotatable bonds is 5. The molecule has 1 N–H and O–H groups in total. The second-order valence-corrected chi connectivity index (χ2v) is 6.55. The maximum Gasteiger partial charge on any atom is 0.360 e. The molecular formula is C19H23N3O4. The van der Waals surface area contributed by atoms with E-state index in [-0.39, 0.29) is 23.2 Å². The number of carbonyl (C=O) groups is 2. The van der Waals surface area contributed by atoms with Crippen molar-refractivity contribution >= 4 is 22.6 Å². The standard InChI is InChI=1S/C19H23N3O4/c1-3-22-18(24)15-11-7-6-10-14(15)16(21-22)19(25)26-12(2)17(23)20-13-8-4-5-9-13/h6-7,10-13H,3-5,8-9H2,1-2H3,(H,20,23)/t12-/m1/s1. The van der Waals surface area contributed by atoms with E-state index in [4.69, 9.17) is 4.74 Å². The number of hydrogen-bond donors (Lipinski definition) is 1. The normalized spacial score (nSPS) is 15.8. The van der Waals surface area contributed by atoms with Gasteiger partial charge in [0.25, 0.3) is 11.5 Å². The monoisotopic (exact) mass is 357 g/mol. The van der Waals surface area contributed by atoms with Gasteiger partial charge in [0.15, 0.2) is 11.8 Å². The summed E-state index contributed by atoms with van der Waals surface area (Å²) in [6.45, 7) is 3.65. The van der Waals surface area contributed by atoms with Gasteiger partial charge in [-0.1, -0.05) is 31.0 Å². The molecule has 1 saturated carbocycles. The highest BCUT2D eigenvalue weighted by atomic mass is 16.5. The van der Waals surface area contributed by atoms with E-state index in [0.717, 1.165) is 25.7 Å². The van der Waals surface area contributed by atoms with E-state index in [1.165, 1.54) is 4.68 Å². The molecule has 1 aromatic carbocycles. The molecule has 138 valence electrons. The molecule has 0 spiro atoms. The summed E-state index contributed by atoms with van der Waals surface area (Å²) in [5.41, 5.74) is -0.214. The molecule has 0 radical (unpaired) electrons. The molecule has 1 aromatic heterocycles. The average Bonchev–Trinajstić information content (AvgIpc) is 3.15. The van der Waals surface area contributed by atoms with Crippen LogP contribution in [0, 0.1) is 0 Å². The lowest BCUT2D eigenvalue weighted by molar-refractivity contribution is -0.129.